The molecule has 7 nitrogen and oxygen atoms in total. The minimum atomic E-state index is -0.326. The van der Waals surface area contributed by atoms with Crippen LogP contribution in [0, 0.1) is 6.92 Å². The molecule has 0 atom stereocenters. The number of allylic oxidation sites excluding steroid dienone is 2. The Bertz CT molecular complexity index is 905. The highest BCUT2D eigenvalue weighted by Crippen LogP contribution is 2.18. The predicted octanol–water partition coefficient (Wildman–Crippen LogP) is 3.75. The lowest BCUT2D eigenvalue weighted by molar-refractivity contribution is 0.561. The molecule has 0 unspecified atom stereocenters. The minimum Gasteiger partial charge on any atom is -0.278 e. The van der Waals surface area contributed by atoms with Gasteiger partial charge in [0.15, 0.2) is 5.65 Å². The zero-order valence-corrected chi connectivity index (χ0v) is 16.8. The van der Waals surface area contributed by atoms with E-state index in [0.29, 0.717) is 13.1 Å². The maximum atomic E-state index is 11.1. The van der Waals surface area contributed by atoms with Gasteiger partial charge >= 0.3 is 0 Å². The third kappa shape index (κ3) is 5.55. The van der Waals surface area contributed by atoms with E-state index < -0.39 is 0 Å². The number of halogens is 1. The summed E-state index contributed by atoms with van der Waals surface area (Å²) in [6.45, 7) is 9.69. The van der Waals surface area contributed by atoms with Crippen LogP contribution in [-0.4, -0.2) is 42.8 Å². The second kappa shape index (κ2) is 11.1. The second-order valence-electron chi connectivity index (χ2n) is 6.24. The first-order valence-corrected chi connectivity index (χ1v) is 9.48. The highest BCUT2D eigenvalue weighted by atomic mass is 19.1. The number of fused-ring (bicyclic) bond motifs is 1. The van der Waals surface area contributed by atoms with Crippen LogP contribution < -0.4 is 0 Å². The van der Waals surface area contributed by atoms with Gasteiger partial charge in [-0.3, -0.25) is 4.99 Å². The maximum absolute atomic E-state index is 11.1. The van der Waals surface area contributed by atoms with Gasteiger partial charge in [-0.2, -0.15) is 10.2 Å². The summed E-state index contributed by atoms with van der Waals surface area (Å²) in [7, 11) is 0. The minimum absolute atomic E-state index is 0.326. The van der Waals surface area contributed by atoms with Gasteiger partial charge in [0.1, 0.15) is 25.5 Å². The number of rotatable bonds is 8. The van der Waals surface area contributed by atoms with Crippen LogP contribution in [-0.2, 0) is 19.5 Å². The molecule has 0 aromatic carbocycles. The standard InChI is InChI=1S/C15H19N7.C5H9F/c1-4-5-13-14(8-12-6-7-18-21(12)9-16-3)17-10-22-15(13)19-11(2)20-22;1-2-3-4-5-6/h6-7,10H,3-5,8-9H2,1-2H3;3-4H,2,5H2,1H3/b;4-3-. The summed E-state index contributed by atoms with van der Waals surface area (Å²) in [5.74, 6) is 0.761. The SMILES string of the molecule is C=NCn1nccc1Cc1ncn2nc(C)nc2c1CCC.CC/C=C\CF. The molecule has 28 heavy (non-hydrogen) atoms. The molecule has 0 aliphatic heterocycles. The third-order valence-corrected chi connectivity index (χ3v) is 4.06. The largest absolute Gasteiger partial charge is 0.278 e. The average molecular weight is 385 g/mol. The molecular weight excluding hydrogens is 357 g/mol. The van der Waals surface area contributed by atoms with Gasteiger partial charge in [0.25, 0.3) is 0 Å². The fourth-order valence-electron chi connectivity index (χ4n) is 2.84. The predicted molar refractivity (Wildman–Crippen MR) is 110 cm³/mol. The summed E-state index contributed by atoms with van der Waals surface area (Å²) in [5, 5.41) is 8.61. The van der Waals surface area contributed by atoms with Crippen LogP contribution in [0.4, 0.5) is 4.39 Å². The van der Waals surface area contributed by atoms with Gasteiger partial charge in [0.2, 0.25) is 0 Å². The molecule has 150 valence electrons. The van der Waals surface area contributed by atoms with Crippen molar-refractivity contribution in [1.29, 1.82) is 0 Å². The first-order chi connectivity index (χ1) is 13.6. The van der Waals surface area contributed by atoms with E-state index in [1.54, 1.807) is 23.1 Å². The molecule has 0 N–H and O–H groups in total. The van der Waals surface area contributed by atoms with Crippen LogP contribution in [0.25, 0.3) is 5.65 Å². The van der Waals surface area contributed by atoms with E-state index in [1.165, 1.54) is 6.08 Å². The molecule has 0 amide bonds. The van der Waals surface area contributed by atoms with Gasteiger partial charge in [-0.1, -0.05) is 32.4 Å². The molecule has 0 aliphatic rings. The number of aliphatic imine (C=N–C) groups is 1. The Morgan fingerprint density at radius 2 is 2.11 bits per heavy atom. The van der Waals surface area contributed by atoms with Crippen molar-refractivity contribution in [2.75, 3.05) is 6.67 Å². The van der Waals surface area contributed by atoms with Crippen LogP contribution in [0.1, 0.15) is 49.5 Å². The zero-order chi connectivity index (χ0) is 20.4. The normalized spacial score (nSPS) is 11.0. The van der Waals surface area contributed by atoms with Crippen molar-refractivity contribution in [2.45, 2.75) is 53.1 Å². The average Bonchev–Trinajstić information content (AvgIpc) is 3.28. The van der Waals surface area contributed by atoms with Gasteiger partial charge in [-0.25, -0.2) is 23.6 Å². The van der Waals surface area contributed by atoms with Crippen molar-refractivity contribution in [3.8, 4) is 0 Å². The number of aromatic nitrogens is 6. The van der Waals surface area contributed by atoms with Crippen LogP contribution >= 0.6 is 0 Å². The Labute approximate surface area is 165 Å². The van der Waals surface area contributed by atoms with E-state index in [4.69, 9.17) is 0 Å². The lowest BCUT2D eigenvalue weighted by Gasteiger charge is -2.09. The molecular formula is C20H28FN7. The van der Waals surface area contributed by atoms with E-state index in [9.17, 15) is 4.39 Å². The summed E-state index contributed by atoms with van der Waals surface area (Å²) in [6.07, 6.45) is 10.4. The van der Waals surface area contributed by atoms with Crippen molar-refractivity contribution >= 4 is 12.4 Å². The van der Waals surface area contributed by atoms with Crippen LogP contribution in [0.15, 0.2) is 35.7 Å². The van der Waals surface area contributed by atoms with Crippen molar-refractivity contribution in [3.05, 3.63) is 53.5 Å². The molecule has 0 bridgehead atoms. The molecule has 0 fully saturated rings. The summed E-state index contributed by atoms with van der Waals surface area (Å²) in [5.41, 5.74) is 4.15. The number of hydrogen-bond donors (Lipinski definition) is 0. The quantitative estimate of drug-likeness (QED) is 0.437. The smallest absolute Gasteiger partial charge is 0.162 e. The first kappa shape index (κ1) is 21.4. The first-order valence-electron chi connectivity index (χ1n) is 9.48. The van der Waals surface area contributed by atoms with Crippen LogP contribution in [0.3, 0.4) is 0 Å². The topological polar surface area (TPSA) is 73.3 Å². The number of nitrogens with zero attached hydrogens (tertiary/aromatic N) is 7. The summed E-state index contributed by atoms with van der Waals surface area (Å²) < 4.78 is 14.7. The van der Waals surface area contributed by atoms with Crippen LogP contribution in [0.5, 0.6) is 0 Å². The Morgan fingerprint density at radius 1 is 1.29 bits per heavy atom. The molecule has 3 heterocycles. The Morgan fingerprint density at radius 3 is 2.75 bits per heavy atom. The van der Waals surface area contributed by atoms with Crippen molar-refractivity contribution in [1.82, 2.24) is 29.4 Å². The lowest BCUT2D eigenvalue weighted by Crippen LogP contribution is -2.08. The molecule has 0 aliphatic carbocycles. The van der Waals surface area contributed by atoms with Gasteiger partial charge in [-0.15, -0.1) is 0 Å². The number of aryl methyl sites for hydroxylation is 2. The van der Waals surface area contributed by atoms with Gasteiger partial charge in [-0.05, 0) is 32.5 Å². The van der Waals surface area contributed by atoms with E-state index in [1.807, 2.05) is 24.6 Å². The third-order valence-electron chi connectivity index (χ3n) is 4.06. The van der Waals surface area contributed by atoms with E-state index >= 15 is 0 Å². The summed E-state index contributed by atoms with van der Waals surface area (Å²) >= 11 is 0. The lowest BCUT2D eigenvalue weighted by atomic mass is 10.1. The fraction of sp³-hybridized carbons (Fsp3) is 0.450. The van der Waals surface area contributed by atoms with Gasteiger partial charge in [0, 0.05) is 23.9 Å². The zero-order valence-electron chi connectivity index (χ0n) is 16.8. The molecule has 0 saturated carbocycles. The van der Waals surface area contributed by atoms with Gasteiger partial charge < -0.3 is 0 Å². The molecule has 3 rings (SSSR count). The molecule has 8 heteroatoms. The summed E-state index contributed by atoms with van der Waals surface area (Å²) in [4.78, 5) is 13.0. The van der Waals surface area contributed by atoms with Crippen LogP contribution in [0.2, 0.25) is 0 Å². The molecule has 3 aromatic rings. The van der Waals surface area contributed by atoms with E-state index in [2.05, 4.69) is 38.8 Å². The fourth-order valence-corrected chi connectivity index (χ4v) is 2.84. The van der Waals surface area contributed by atoms with E-state index in [0.717, 1.165) is 47.7 Å². The summed E-state index contributed by atoms with van der Waals surface area (Å²) in [6, 6.07) is 1.99. The van der Waals surface area contributed by atoms with Crippen molar-refractivity contribution in [3.63, 3.8) is 0 Å². The molecule has 0 radical (unpaired) electrons. The molecule has 0 spiro atoms. The maximum Gasteiger partial charge on any atom is 0.162 e. The monoisotopic (exact) mass is 385 g/mol. The van der Waals surface area contributed by atoms with Gasteiger partial charge in [0.05, 0.1) is 5.69 Å². The highest BCUT2D eigenvalue weighted by Gasteiger charge is 2.14. The molecule has 0 saturated heterocycles. The van der Waals surface area contributed by atoms with Crippen molar-refractivity contribution in [2.24, 2.45) is 4.99 Å². The Kier molecular flexibility index (Phi) is 8.45. The Hall–Kier alpha value is -2.90. The van der Waals surface area contributed by atoms with E-state index in [-0.39, 0.29) is 6.67 Å². The highest BCUT2D eigenvalue weighted by molar-refractivity contribution is 5.49. The molecule has 3 aromatic heterocycles. The van der Waals surface area contributed by atoms with Crippen molar-refractivity contribution < 1.29 is 4.39 Å². The second-order valence-corrected chi connectivity index (χ2v) is 6.24. The number of hydrogen-bond acceptors (Lipinski definition) is 5. The number of alkyl halides is 1. The Balaban J connectivity index is 0.000000409.